The highest BCUT2D eigenvalue weighted by Crippen LogP contribution is 2.30. The van der Waals surface area contributed by atoms with Gasteiger partial charge < -0.3 is 20.3 Å². The minimum absolute atomic E-state index is 0.0479. The minimum atomic E-state index is -4.84. The zero-order valence-corrected chi connectivity index (χ0v) is 19.2. The third-order valence-corrected chi connectivity index (χ3v) is 4.94. The van der Waals surface area contributed by atoms with Gasteiger partial charge in [0, 0.05) is 18.8 Å². The van der Waals surface area contributed by atoms with Gasteiger partial charge >= 0.3 is 12.5 Å². The zero-order chi connectivity index (χ0) is 27.3. The van der Waals surface area contributed by atoms with Crippen molar-refractivity contribution in [1.82, 2.24) is 20.3 Å². The first-order valence-electron chi connectivity index (χ1n) is 10.9. The van der Waals surface area contributed by atoms with E-state index in [-0.39, 0.29) is 42.4 Å². The molecule has 0 aliphatic carbocycles. The molecular formula is C22H18F6N8O2. The average molecular weight is 540 g/mol. The van der Waals surface area contributed by atoms with E-state index in [9.17, 15) is 31.1 Å². The highest BCUT2D eigenvalue weighted by molar-refractivity contribution is 5.82. The molecule has 2 aromatic carbocycles. The van der Waals surface area contributed by atoms with Crippen LogP contribution in [0, 0.1) is 0 Å². The summed E-state index contributed by atoms with van der Waals surface area (Å²) in [6, 6.07) is 9.37. The standard InChI is InChI=1S/C22H18F6N8O2/c23-21(24,25)14-3-1-2-13(10-14)11-30-35-19-32-18(33-20(34-19)36-9-8-29-17(37)12-36)31-15-4-6-16(7-5-15)38-22(26,27)28/h1-7,10H,8-9,11-12H2,(H,29,37)(H,31,32,33,34). The number of nitrogens with zero attached hydrogens (tertiary/aromatic N) is 6. The first-order chi connectivity index (χ1) is 17.9. The van der Waals surface area contributed by atoms with Crippen molar-refractivity contribution in [2.75, 3.05) is 29.9 Å². The molecule has 16 heteroatoms. The fourth-order valence-electron chi connectivity index (χ4n) is 3.30. The molecule has 2 N–H and O–H groups in total. The molecule has 1 amide bonds. The van der Waals surface area contributed by atoms with Gasteiger partial charge in [0.25, 0.3) is 5.95 Å². The Balaban J connectivity index is 1.56. The number of nitrogens with one attached hydrogen (secondary N) is 2. The Morgan fingerprint density at radius 1 is 1.03 bits per heavy atom. The van der Waals surface area contributed by atoms with Crippen LogP contribution >= 0.6 is 0 Å². The number of halogens is 6. The minimum Gasteiger partial charge on any atom is -0.406 e. The van der Waals surface area contributed by atoms with E-state index in [4.69, 9.17) is 0 Å². The Labute approximate surface area is 210 Å². The third-order valence-electron chi connectivity index (χ3n) is 4.94. The van der Waals surface area contributed by atoms with Crippen molar-refractivity contribution in [3.63, 3.8) is 0 Å². The molecule has 0 radical (unpaired) electrons. The molecule has 0 saturated carbocycles. The summed E-state index contributed by atoms with van der Waals surface area (Å²) in [6.07, 6.45) is -9.35. The molecule has 0 unspecified atom stereocenters. The van der Waals surface area contributed by atoms with Crippen LogP contribution in [0.3, 0.4) is 0 Å². The molecular weight excluding hydrogens is 522 g/mol. The van der Waals surface area contributed by atoms with Crippen molar-refractivity contribution in [1.29, 1.82) is 0 Å². The fourth-order valence-corrected chi connectivity index (χ4v) is 3.30. The molecule has 38 heavy (non-hydrogen) atoms. The molecule has 200 valence electrons. The fraction of sp³-hybridized carbons (Fsp3) is 0.273. The van der Waals surface area contributed by atoms with Gasteiger partial charge in [0.15, 0.2) is 0 Å². The second-order valence-corrected chi connectivity index (χ2v) is 7.83. The van der Waals surface area contributed by atoms with Gasteiger partial charge in [-0.15, -0.1) is 18.3 Å². The first kappa shape index (κ1) is 26.6. The summed E-state index contributed by atoms with van der Waals surface area (Å²) in [5.41, 5.74) is -0.265. The van der Waals surface area contributed by atoms with Gasteiger partial charge in [-0.2, -0.15) is 33.2 Å². The SMILES string of the molecule is O=C1CN(c2nc(N=NCc3cccc(C(F)(F)F)c3)nc(Nc3ccc(OC(F)(F)F)cc3)n2)CCN1. The van der Waals surface area contributed by atoms with Crippen LogP contribution in [0.5, 0.6) is 5.75 Å². The summed E-state index contributed by atoms with van der Waals surface area (Å²) in [6.45, 7) is 0.466. The van der Waals surface area contributed by atoms with Crippen molar-refractivity contribution in [2.45, 2.75) is 19.1 Å². The van der Waals surface area contributed by atoms with Gasteiger partial charge in [0.1, 0.15) is 5.75 Å². The monoisotopic (exact) mass is 540 g/mol. The maximum atomic E-state index is 12.9. The highest BCUT2D eigenvalue weighted by Gasteiger charge is 2.31. The number of alkyl halides is 6. The molecule has 1 aliphatic heterocycles. The van der Waals surface area contributed by atoms with Gasteiger partial charge in [-0.3, -0.25) is 4.79 Å². The summed E-state index contributed by atoms with van der Waals surface area (Å²) >= 11 is 0. The number of benzene rings is 2. The molecule has 1 aromatic heterocycles. The van der Waals surface area contributed by atoms with Crippen molar-refractivity contribution in [3.8, 4) is 5.75 Å². The molecule has 1 fully saturated rings. The van der Waals surface area contributed by atoms with E-state index >= 15 is 0 Å². The van der Waals surface area contributed by atoms with Gasteiger partial charge in [0.2, 0.25) is 17.8 Å². The van der Waals surface area contributed by atoms with Gasteiger partial charge in [-0.05, 0) is 42.0 Å². The van der Waals surface area contributed by atoms with Crippen LogP contribution in [0.4, 0.5) is 49.9 Å². The maximum Gasteiger partial charge on any atom is 0.573 e. The second-order valence-electron chi connectivity index (χ2n) is 7.83. The molecule has 10 nitrogen and oxygen atoms in total. The maximum absolute atomic E-state index is 12.9. The van der Waals surface area contributed by atoms with Crippen molar-refractivity contribution in [2.24, 2.45) is 10.2 Å². The molecule has 0 bridgehead atoms. The zero-order valence-electron chi connectivity index (χ0n) is 19.2. The highest BCUT2D eigenvalue weighted by atomic mass is 19.4. The van der Waals surface area contributed by atoms with E-state index in [1.165, 1.54) is 24.3 Å². The Morgan fingerprint density at radius 2 is 1.79 bits per heavy atom. The molecule has 3 aromatic rings. The Bertz CT molecular complexity index is 1310. The molecule has 4 rings (SSSR count). The largest absolute Gasteiger partial charge is 0.573 e. The van der Waals surface area contributed by atoms with Crippen molar-refractivity contribution < 1.29 is 35.9 Å². The van der Waals surface area contributed by atoms with E-state index in [0.717, 1.165) is 24.3 Å². The van der Waals surface area contributed by atoms with Crippen LogP contribution in [-0.4, -0.2) is 46.9 Å². The number of piperazine rings is 1. The number of aromatic nitrogens is 3. The number of rotatable bonds is 7. The van der Waals surface area contributed by atoms with Crippen LogP contribution in [0.2, 0.25) is 0 Å². The number of ether oxygens (including phenoxy) is 1. The van der Waals surface area contributed by atoms with Crippen LogP contribution < -0.4 is 20.3 Å². The molecule has 1 aliphatic rings. The number of amides is 1. The van der Waals surface area contributed by atoms with Gasteiger partial charge in [0.05, 0.1) is 18.7 Å². The quantitative estimate of drug-likeness (QED) is 0.328. The lowest BCUT2D eigenvalue weighted by Crippen LogP contribution is -2.48. The normalized spacial score (nSPS) is 14.5. The Morgan fingerprint density at radius 3 is 2.47 bits per heavy atom. The number of anilines is 3. The second kappa shape index (κ2) is 10.9. The third kappa shape index (κ3) is 7.50. The number of azo groups is 1. The van der Waals surface area contributed by atoms with Gasteiger partial charge in [-0.1, -0.05) is 12.1 Å². The lowest BCUT2D eigenvalue weighted by molar-refractivity contribution is -0.274. The molecule has 0 atom stereocenters. The summed E-state index contributed by atoms with van der Waals surface area (Å²) in [7, 11) is 0. The summed E-state index contributed by atoms with van der Waals surface area (Å²) in [5, 5.41) is 13.2. The van der Waals surface area contributed by atoms with Crippen LogP contribution in [0.25, 0.3) is 0 Å². The smallest absolute Gasteiger partial charge is 0.406 e. The Hall–Kier alpha value is -4.50. The molecule has 0 spiro atoms. The predicted molar refractivity (Wildman–Crippen MR) is 121 cm³/mol. The topological polar surface area (TPSA) is 117 Å². The van der Waals surface area contributed by atoms with Crippen LogP contribution in [-0.2, 0) is 17.5 Å². The summed E-state index contributed by atoms with van der Waals surface area (Å²) in [4.78, 5) is 25.9. The molecule has 1 saturated heterocycles. The number of hydrogen-bond acceptors (Lipinski definition) is 9. The Kier molecular flexibility index (Phi) is 7.59. The van der Waals surface area contributed by atoms with Crippen LogP contribution in [0.1, 0.15) is 11.1 Å². The number of hydrogen-bond donors (Lipinski definition) is 2. The number of carbonyl (C=O) groups is 1. The average Bonchev–Trinajstić information content (AvgIpc) is 2.84. The van der Waals surface area contributed by atoms with E-state index < -0.39 is 23.9 Å². The van der Waals surface area contributed by atoms with Crippen LogP contribution in [0.15, 0.2) is 58.8 Å². The van der Waals surface area contributed by atoms with Crippen molar-refractivity contribution in [3.05, 3.63) is 59.7 Å². The van der Waals surface area contributed by atoms with E-state index in [2.05, 4.69) is 40.6 Å². The van der Waals surface area contributed by atoms with Gasteiger partial charge in [-0.25, -0.2) is 0 Å². The summed E-state index contributed by atoms with van der Waals surface area (Å²) < 4.78 is 79.9. The van der Waals surface area contributed by atoms with E-state index in [0.29, 0.717) is 18.8 Å². The van der Waals surface area contributed by atoms with E-state index in [1.807, 2.05) is 0 Å². The lowest BCUT2D eigenvalue weighted by atomic mass is 10.1. The summed E-state index contributed by atoms with van der Waals surface area (Å²) in [5.74, 6) is -0.879. The first-order valence-corrected chi connectivity index (χ1v) is 10.9. The number of carbonyl (C=O) groups excluding carboxylic acids is 1. The molecule has 2 heterocycles. The predicted octanol–water partition coefficient (Wildman–Crippen LogP) is 4.75. The lowest BCUT2D eigenvalue weighted by Gasteiger charge is -2.26. The van der Waals surface area contributed by atoms with E-state index in [1.54, 1.807) is 4.90 Å². The van der Waals surface area contributed by atoms with Crippen molar-refractivity contribution >= 4 is 29.4 Å².